The van der Waals surface area contributed by atoms with Crippen LogP contribution in [0.25, 0.3) is 10.9 Å². The Kier molecular flexibility index (Phi) is 5.26. The van der Waals surface area contributed by atoms with E-state index < -0.39 is 15.7 Å². The second-order valence-corrected chi connectivity index (χ2v) is 9.87. The first-order chi connectivity index (χ1) is 14.3. The fourth-order valence-corrected chi connectivity index (χ4v) is 5.52. The van der Waals surface area contributed by atoms with E-state index in [2.05, 4.69) is 29.2 Å². The average Bonchev–Trinajstić information content (AvgIpc) is 3.15. The predicted octanol–water partition coefficient (Wildman–Crippen LogP) is 3.76. The Morgan fingerprint density at radius 3 is 2.80 bits per heavy atom. The number of fused-ring (bicyclic) bond motifs is 1. The molecule has 1 aliphatic heterocycles. The molecule has 2 heterocycles. The van der Waals surface area contributed by atoms with E-state index >= 15 is 0 Å². The van der Waals surface area contributed by atoms with Crippen LogP contribution in [0.15, 0.2) is 52.4 Å². The van der Waals surface area contributed by atoms with Crippen LogP contribution in [0.1, 0.15) is 18.9 Å². The summed E-state index contributed by atoms with van der Waals surface area (Å²) in [6.45, 7) is 3.91. The molecule has 0 bridgehead atoms. The quantitative estimate of drug-likeness (QED) is 0.620. The standard InChI is InChI=1S/C22H23FN4O2S/c1-14-13-27(2)8-7-19(14)26-21-10-16(4-6-18(21)23)30(28,29)22-12-25-20-9-15(11-24)3-5-17(20)22/h3-6,9-10,12,14,19,25-26H,7-8,13H2,1-2H3. The molecular weight excluding hydrogens is 403 g/mol. The highest BCUT2D eigenvalue weighted by molar-refractivity contribution is 7.91. The first-order valence-corrected chi connectivity index (χ1v) is 11.3. The Bertz CT molecular complexity index is 1250. The van der Waals surface area contributed by atoms with E-state index in [0.29, 0.717) is 22.4 Å². The van der Waals surface area contributed by atoms with Gasteiger partial charge in [0.1, 0.15) is 5.82 Å². The van der Waals surface area contributed by atoms with Crippen molar-refractivity contribution in [3.8, 4) is 6.07 Å². The minimum absolute atomic E-state index is 0.0252. The number of hydrogen-bond acceptors (Lipinski definition) is 5. The number of benzene rings is 2. The van der Waals surface area contributed by atoms with Crippen LogP contribution in [-0.2, 0) is 9.84 Å². The van der Waals surface area contributed by atoms with Crippen LogP contribution in [0.3, 0.4) is 0 Å². The topological polar surface area (TPSA) is 89.0 Å². The van der Waals surface area contributed by atoms with Gasteiger partial charge >= 0.3 is 0 Å². The van der Waals surface area contributed by atoms with Gasteiger partial charge in [0, 0.05) is 29.7 Å². The zero-order valence-electron chi connectivity index (χ0n) is 16.8. The molecule has 1 aliphatic rings. The Hall–Kier alpha value is -2.89. The predicted molar refractivity (Wildman–Crippen MR) is 114 cm³/mol. The van der Waals surface area contributed by atoms with Crippen molar-refractivity contribution in [1.82, 2.24) is 9.88 Å². The van der Waals surface area contributed by atoms with Crippen molar-refractivity contribution in [3.05, 3.63) is 54.0 Å². The number of hydrogen-bond donors (Lipinski definition) is 2. The molecule has 2 unspecified atom stereocenters. The summed E-state index contributed by atoms with van der Waals surface area (Å²) in [7, 11) is -1.82. The average molecular weight is 427 g/mol. The van der Waals surface area contributed by atoms with E-state index in [1.54, 1.807) is 18.2 Å². The third-order valence-corrected chi connectivity index (χ3v) is 7.55. The van der Waals surface area contributed by atoms with Crippen LogP contribution >= 0.6 is 0 Å². The molecule has 0 amide bonds. The summed E-state index contributed by atoms with van der Waals surface area (Å²) < 4.78 is 41.1. The SMILES string of the molecule is CC1CN(C)CCC1Nc1cc(S(=O)(=O)c2c[nH]c3cc(C#N)ccc23)ccc1F. The number of nitrogens with one attached hydrogen (secondary N) is 2. The number of nitriles is 1. The Labute approximate surface area is 175 Å². The van der Waals surface area contributed by atoms with Gasteiger partial charge in [-0.1, -0.05) is 13.0 Å². The summed E-state index contributed by atoms with van der Waals surface area (Å²) in [5.41, 5.74) is 1.20. The van der Waals surface area contributed by atoms with E-state index in [0.717, 1.165) is 19.5 Å². The molecule has 3 aromatic rings. The van der Waals surface area contributed by atoms with Crippen molar-refractivity contribution in [3.63, 3.8) is 0 Å². The number of aromatic nitrogens is 1. The summed E-state index contributed by atoms with van der Waals surface area (Å²) >= 11 is 0. The number of rotatable bonds is 4. The van der Waals surface area contributed by atoms with Gasteiger partial charge in [0.25, 0.3) is 0 Å². The number of sulfone groups is 1. The molecule has 0 saturated carbocycles. The number of H-pyrrole nitrogens is 1. The van der Waals surface area contributed by atoms with Gasteiger partial charge < -0.3 is 15.2 Å². The minimum Gasteiger partial charge on any atom is -0.380 e. The van der Waals surface area contributed by atoms with E-state index in [1.165, 1.54) is 24.4 Å². The van der Waals surface area contributed by atoms with Gasteiger partial charge in [0.15, 0.2) is 0 Å². The zero-order chi connectivity index (χ0) is 21.5. The van der Waals surface area contributed by atoms with Crippen molar-refractivity contribution in [2.24, 2.45) is 5.92 Å². The lowest BCUT2D eigenvalue weighted by Gasteiger charge is -2.35. The van der Waals surface area contributed by atoms with Crippen molar-refractivity contribution < 1.29 is 12.8 Å². The zero-order valence-corrected chi connectivity index (χ0v) is 17.6. The summed E-state index contributed by atoms with van der Waals surface area (Å²) in [6, 6.07) is 10.8. The Morgan fingerprint density at radius 1 is 1.27 bits per heavy atom. The normalized spacial score (nSPS) is 20.2. The molecule has 156 valence electrons. The maximum absolute atomic E-state index is 14.5. The van der Waals surface area contributed by atoms with E-state index in [-0.39, 0.29) is 21.5 Å². The maximum Gasteiger partial charge on any atom is 0.208 e. The lowest BCUT2D eigenvalue weighted by atomic mass is 9.94. The molecule has 0 spiro atoms. The van der Waals surface area contributed by atoms with E-state index in [4.69, 9.17) is 5.26 Å². The van der Waals surface area contributed by atoms with Crippen LogP contribution < -0.4 is 5.32 Å². The monoisotopic (exact) mass is 426 g/mol. The number of halogens is 1. The van der Waals surface area contributed by atoms with Gasteiger partial charge in [-0.05, 0) is 56.3 Å². The highest BCUT2D eigenvalue weighted by Gasteiger charge is 2.27. The number of aromatic amines is 1. The fraction of sp³-hybridized carbons (Fsp3) is 0.318. The molecule has 30 heavy (non-hydrogen) atoms. The van der Waals surface area contributed by atoms with Gasteiger partial charge in [-0.25, -0.2) is 12.8 Å². The molecule has 2 atom stereocenters. The van der Waals surface area contributed by atoms with Crippen LogP contribution in [0, 0.1) is 23.1 Å². The van der Waals surface area contributed by atoms with Gasteiger partial charge in [-0.2, -0.15) is 5.26 Å². The molecule has 6 nitrogen and oxygen atoms in total. The molecule has 1 saturated heterocycles. The molecule has 0 radical (unpaired) electrons. The number of anilines is 1. The van der Waals surface area contributed by atoms with Crippen molar-refractivity contribution >= 4 is 26.4 Å². The molecule has 4 rings (SSSR count). The van der Waals surface area contributed by atoms with Crippen LogP contribution in [-0.4, -0.2) is 44.5 Å². The third-order valence-electron chi connectivity index (χ3n) is 5.76. The molecule has 0 aliphatic carbocycles. The van der Waals surface area contributed by atoms with Crippen LogP contribution in [0.4, 0.5) is 10.1 Å². The Morgan fingerprint density at radius 2 is 2.07 bits per heavy atom. The highest BCUT2D eigenvalue weighted by Crippen LogP contribution is 2.31. The minimum atomic E-state index is -3.87. The molecule has 1 fully saturated rings. The largest absolute Gasteiger partial charge is 0.380 e. The van der Waals surface area contributed by atoms with Gasteiger partial charge in [-0.3, -0.25) is 0 Å². The van der Waals surface area contributed by atoms with Crippen LogP contribution in [0.5, 0.6) is 0 Å². The lowest BCUT2D eigenvalue weighted by Crippen LogP contribution is -2.43. The summed E-state index contributed by atoms with van der Waals surface area (Å²) in [5, 5.41) is 12.8. The third kappa shape index (κ3) is 3.66. The second-order valence-electron chi connectivity index (χ2n) is 7.95. The number of likely N-dealkylation sites (tertiary alicyclic amines) is 1. The number of nitrogens with zero attached hydrogens (tertiary/aromatic N) is 2. The smallest absolute Gasteiger partial charge is 0.208 e. The summed E-state index contributed by atoms with van der Waals surface area (Å²) in [4.78, 5) is 5.28. The van der Waals surface area contributed by atoms with Crippen molar-refractivity contribution in [2.75, 3.05) is 25.5 Å². The van der Waals surface area contributed by atoms with Gasteiger partial charge in [0.05, 0.1) is 27.1 Å². The van der Waals surface area contributed by atoms with Crippen LogP contribution in [0.2, 0.25) is 0 Å². The molecule has 1 aromatic heterocycles. The first kappa shape index (κ1) is 20.4. The fourth-order valence-electron chi connectivity index (χ4n) is 4.07. The maximum atomic E-state index is 14.5. The second kappa shape index (κ2) is 7.74. The highest BCUT2D eigenvalue weighted by atomic mass is 32.2. The van der Waals surface area contributed by atoms with Gasteiger partial charge in [0.2, 0.25) is 9.84 Å². The van der Waals surface area contributed by atoms with Crippen molar-refractivity contribution in [2.45, 2.75) is 29.2 Å². The molecule has 2 N–H and O–H groups in total. The summed E-state index contributed by atoms with van der Waals surface area (Å²) in [6.07, 6.45) is 2.27. The molecule has 8 heteroatoms. The molecule has 2 aromatic carbocycles. The van der Waals surface area contributed by atoms with Gasteiger partial charge in [-0.15, -0.1) is 0 Å². The summed E-state index contributed by atoms with van der Waals surface area (Å²) in [5.74, 6) is -0.163. The van der Waals surface area contributed by atoms with E-state index in [1.807, 2.05) is 6.07 Å². The Balaban J connectivity index is 1.69. The first-order valence-electron chi connectivity index (χ1n) is 9.80. The number of piperidine rings is 1. The lowest BCUT2D eigenvalue weighted by molar-refractivity contribution is 0.206. The van der Waals surface area contributed by atoms with E-state index in [9.17, 15) is 12.8 Å². The van der Waals surface area contributed by atoms with Crippen molar-refractivity contribution in [1.29, 1.82) is 5.26 Å². The molecular formula is C22H23FN4O2S.